The monoisotopic (exact) mass is 562 g/mol. The second kappa shape index (κ2) is 9.76. The van der Waals surface area contributed by atoms with Crippen molar-refractivity contribution in [3.8, 4) is 0 Å². The molecule has 3 N–H and O–H groups in total. The van der Waals surface area contributed by atoms with E-state index in [4.69, 9.17) is 12.2 Å². The molecule has 0 aromatic carbocycles. The van der Waals surface area contributed by atoms with Gasteiger partial charge in [0.2, 0.25) is 15.2 Å². The van der Waals surface area contributed by atoms with Crippen LogP contribution in [-0.2, 0) is 33.1 Å². The van der Waals surface area contributed by atoms with Crippen LogP contribution in [-0.4, -0.2) is 89.7 Å². The van der Waals surface area contributed by atoms with Crippen molar-refractivity contribution in [2.24, 2.45) is 7.05 Å². The van der Waals surface area contributed by atoms with E-state index in [1.54, 1.807) is 7.05 Å². The first-order valence-corrected chi connectivity index (χ1v) is 14.7. The number of sulfonamides is 1. The standard InChI is InChI=1S/C16H18N8O5S5/c1-23-16(19-21-22-23)32-6-7-5-31-13-10(12(25)24(13)11(7)14(26)27)18-9(30)3-8-4-17-15(33-8)20-34(2,28)29/h4,10,13H,3,5-6H2,1-2H3,(H,17,20)(H,18,30)(H,26,27)/t10?,13-/m1/s1. The van der Waals surface area contributed by atoms with Crippen molar-refractivity contribution in [2.45, 2.75) is 23.0 Å². The second-order valence-electron chi connectivity index (χ2n) is 7.27. The first-order chi connectivity index (χ1) is 16.0. The molecule has 1 saturated heterocycles. The Balaban J connectivity index is 1.39. The van der Waals surface area contributed by atoms with Crippen LogP contribution >= 0.6 is 47.1 Å². The number of β-lactam (4-membered cyclic amide) rings is 1. The predicted octanol–water partition coefficient (Wildman–Crippen LogP) is -0.0877. The molecule has 1 amide bonds. The van der Waals surface area contributed by atoms with Crippen molar-refractivity contribution < 1.29 is 23.1 Å². The molecule has 2 atom stereocenters. The highest BCUT2D eigenvalue weighted by atomic mass is 32.2. The van der Waals surface area contributed by atoms with Crippen LogP contribution in [0.4, 0.5) is 5.13 Å². The minimum absolute atomic E-state index is 0.0145. The fourth-order valence-electron chi connectivity index (χ4n) is 3.27. The van der Waals surface area contributed by atoms with E-state index in [0.717, 1.165) is 17.6 Å². The summed E-state index contributed by atoms with van der Waals surface area (Å²) in [6.45, 7) is 0. The summed E-state index contributed by atoms with van der Waals surface area (Å²) in [6, 6.07) is -0.648. The van der Waals surface area contributed by atoms with Gasteiger partial charge in [-0.1, -0.05) is 24.0 Å². The number of carbonyl (C=O) groups is 2. The summed E-state index contributed by atoms with van der Waals surface area (Å²) in [6.07, 6.45) is 2.82. The highest BCUT2D eigenvalue weighted by Crippen LogP contribution is 2.41. The molecule has 18 heteroatoms. The van der Waals surface area contributed by atoms with Gasteiger partial charge in [-0.3, -0.25) is 14.4 Å². The maximum Gasteiger partial charge on any atom is 0.352 e. The molecule has 34 heavy (non-hydrogen) atoms. The molecule has 4 heterocycles. The van der Waals surface area contributed by atoms with E-state index < -0.39 is 27.4 Å². The summed E-state index contributed by atoms with van der Waals surface area (Å²) >= 11 is 9.28. The molecular formula is C16H18N8O5S5. The van der Waals surface area contributed by atoms with E-state index in [-0.39, 0.29) is 23.2 Å². The second-order valence-corrected chi connectivity index (χ2v) is 12.7. The van der Waals surface area contributed by atoms with E-state index in [1.807, 2.05) is 0 Å². The molecule has 4 rings (SSSR count). The van der Waals surface area contributed by atoms with Gasteiger partial charge in [0.05, 0.1) is 11.2 Å². The van der Waals surface area contributed by atoms with Crippen LogP contribution in [0.25, 0.3) is 0 Å². The molecule has 0 spiro atoms. The first-order valence-electron chi connectivity index (χ1n) is 9.50. The Hall–Kier alpha value is -2.28. The van der Waals surface area contributed by atoms with Gasteiger partial charge in [-0.25, -0.2) is 22.9 Å². The topological polar surface area (TPSA) is 172 Å². The van der Waals surface area contributed by atoms with Crippen molar-refractivity contribution in [3.63, 3.8) is 0 Å². The van der Waals surface area contributed by atoms with Gasteiger partial charge in [0, 0.05) is 36.0 Å². The summed E-state index contributed by atoms with van der Waals surface area (Å²) in [5.74, 6) is -0.759. The number of tetrazole rings is 1. The van der Waals surface area contributed by atoms with Crippen LogP contribution in [0, 0.1) is 0 Å². The minimum atomic E-state index is -3.43. The summed E-state index contributed by atoms with van der Waals surface area (Å²) in [4.78, 5) is 31.2. The molecular weight excluding hydrogens is 545 g/mol. The molecule has 2 aliphatic rings. The maximum absolute atomic E-state index is 12.9. The number of thioether (sulfide) groups is 2. The minimum Gasteiger partial charge on any atom is -0.477 e. The Kier molecular flexibility index (Phi) is 7.13. The molecule has 0 bridgehead atoms. The number of aromatic nitrogens is 5. The summed E-state index contributed by atoms with van der Waals surface area (Å²) < 4.78 is 26.4. The van der Waals surface area contributed by atoms with E-state index in [1.165, 1.54) is 39.3 Å². The maximum atomic E-state index is 12.9. The van der Waals surface area contributed by atoms with Gasteiger partial charge in [0.15, 0.2) is 5.13 Å². The number of hydrogen-bond donors (Lipinski definition) is 3. The lowest BCUT2D eigenvalue weighted by Gasteiger charge is -2.49. The number of fused-ring (bicyclic) bond motifs is 1. The number of nitrogens with zero attached hydrogens (tertiary/aromatic N) is 6. The Morgan fingerprint density at radius 3 is 2.85 bits per heavy atom. The number of carbonyl (C=O) groups excluding carboxylic acids is 1. The van der Waals surface area contributed by atoms with Crippen molar-refractivity contribution >= 4 is 79.1 Å². The number of carboxylic acid groups (broad SMARTS) is 1. The van der Waals surface area contributed by atoms with Crippen molar-refractivity contribution in [1.82, 2.24) is 35.4 Å². The van der Waals surface area contributed by atoms with Gasteiger partial charge in [-0.05, 0) is 16.0 Å². The lowest BCUT2D eigenvalue weighted by molar-refractivity contribution is -0.148. The quantitative estimate of drug-likeness (QED) is 0.210. The number of amides is 1. The Labute approximate surface area is 211 Å². The Morgan fingerprint density at radius 2 is 2.21 bits per heavy atom. The number of rotatable bonds is 9. The third kappa shape index (κ3) is 5.35. The number of aryl methyl sites for hydroxylation is 1. The molecule has 182 valence electrons. The molecule has 0 saturated carbocycles. The van der Waals surface area contributed by atoms with Crippen LogP contribution in [0.15, 0.2) is 22.6 Å². The Morgan fingerprint density at radius 1 is 1.44 bits per heavy atom. The van der Waals surface area contributed by atoms with E-state index in [0.29, 0.717) is 32.1 Å². The largest absolute Gasteiger partial charge is 0.477 e. The third-order valence-electron chi connectivity index (χ3n) is 4.68. The lowest BCUT2D eigenvalue weighted by Crippen LogP contribution is -2.70. The average molecular weight is 563 g/mol. The smallest absolute Gasteiger partial charge is 0.352 e. The van der Waals surface area contributed by atoms with E-state index in [2.05, 4.69) is 30.5 Å². The van der Waals surface area contributed by atoms with Crippen molar-refractivity contribution in [3.05, 3.63) is 22.3 Å². The van der Waals surface area contributed by atoms with Crippen LogP contribution < -0.4 is 10.0 Å². The van der Waals surface area contributed by atoms with Gasteiger partial charge in [0.25, 0.3) is 5.91 Å². The van der Waals surface area contributed by atoms with Crippen LogP contribution in [0.1, 0.15) is 4.88 Å². The number of thiocarbonyl (C=S) groups is 1. The van der Waals surface area contributed by atoms with E-state index >= 15 is 0 Å². The van der Waals surface area contributed by atoms with Crippen LogP contribution in [0.5, 0.6) is 0 Å². The lowest BCUT2D eigenvalue weighted by atomic mass is 10.0. The summed E-state index contributed by atoms with van der Waals surface area (Å²) in [5.41, 5.74) is 0.603. The zero-order valence-corrected chi connectivity index (χ0v) is 21.7. The molecule has 2 aromatic heterocycles. The molecule has 2 aliphatic heterocycles. The van der Waals surface area contributed by atoms with Crippen LogP contribution in [0.2, 0.25) is 0 Å². The van der Waals surface area contributed by atoms with Gasteiger partial charge in [-0.2, -0.15) is 0 Å². The number of thiazole rings is 1. The highest BCUT2D eigenvalue weighted by Gasteiger charge is 2.53. The number of nitrogens with one attached hydrogen (secondary N) is 2. The number of aliphatic carboxylic acids is 1. The molecule has 2 aromatic rings. The zero-order chi connectivity index (χ0) is 24.6. The zero-order valence-electron chi connectivity index (χ0n) is 17.7. The molecule has 0 aliphatic carbocycles. The summed E-state index contributed by atoms with van der Waals surface area (Å²) in [5, 5.41) is 24.4. The van der Waals surface area contributed by atoms with Gasteiger partial charge < -0.3 is 10.4 Å². The number of anilines is 1. The van der Waals surface area contributed by atoms with Gasteiger partial charge in [-0.15, -0.1) is 28.2 Å². The molecule has 1 fully saturated rings. The third-order valence-corrected chi connectivity index (χ3v) is 8.99. The predicted molar refractivity (Wildman–Crippen MR) is 131 cm³/mol. The Bertz CT molecular complexity index is 1290. The normalized spacial score (nSPS) is 20.1. The van der Waals surface area contributed by atoms with Crippen molar-refractivity contribution in [1.29, 1.82) is 0 Å². The van der Waals surface area contributed by atoms with E-state index in [9.17, 15) is 23.1 Å². The fraction of sp³-hybridized carbons (Fsp3) is 0.438. The fourth-order valence-corrected chi connectivity index (χ4v) is 7.64. The average Bonchev–Trinajstić information content (AvgIpc) is 3.36. The van der Waals surface area contributed by atoms with Gasteiger partial charge in [0.1, 0.15) is 17.1 Å². The molecule has 0 radical (unpaired) electrons. The summed E-state index contributed by atoms with van der Waals surface area (Å²) in [7, 11) is -1.74. The molecule has 1 unspecified atom stereocenters. The SMILES string of the molecule is Cn1nnnc1SCC1=C(C(=O)O)N2C(=O)C(NC(=S)Cc3cnc(NS(C)(=O)=O)s3)[C@H]2SC1. The van der Waals surface area contributed by atoms with Gasteiger partial charge >= 0.3 is 5.97 Å². The highest BCUT2D eigenvalue weighted by molar-refractivity contribution is 8.01. The number of hydrogen-bond acceptors (Lipinski definition) is 12. The molecule has 13 nitrogen and oxygen atoms in total. The number of carboxylic acids is 1. The first kappa shape index (κ1) is 24.8. The van der Waals surface area contributed by atoms with Crippen LogP contribution in [0.3, 0.4) is 0 Å². The van der Waals surface area contributed by atoms with Crippen molar-refractivity contribution in [2.75, 3.05) is 22.5 Å².